The highest BCUT2D eigenvalue weighted by molar-refractivity contribution is 7.09. The highest BCUT2D eigenvalue weighted by atomic mass is 32.1. The van der Waals surface area contributed by atoms with Gasteiger partial charge in [-0.1, -0.05) is 0 Å². The van der Waals surface area contributed by atoms with Gasteiger partial charge in [-0.15, -0.1) is 11.3 Å². The summed E-state index contributed by atoms with van der Waals surface area (Å²) in [5.41, 5.74) is 0.396. The fourth-order valence-electron chi connectivity index (χ4n) is 4.03. The Kier molecular flexibility index (Phi) is 6.67. The van der Waals surface area contributed by atoms with Gasteiger partial charge in [0.2, 0.25) is 11.8 Å². The molecule has 30 heavy (non-hydrogen) atoms. The Labute approximate surface area is 181 Å². The molecule has 0 bridgehead atoms. The fraction of sp³-hybridized carbons (Fsp3) is 0.714. The summed E-state index contributed by atoms with van der Waals surface area (Å²) in [4.78, 5) is 47.2. The monoisotopic (exact) mass is 434 g/mol. The normalized spacial score (nSPS) is 22.7. The van der Waals surface area contributed by atoms with Gasteiger partial charge in [-0.05, 0) is 38.5 Å². The highest BCUT2D eigenvalue weighted by Crippen LogP contribution is 2.29. The molecule has 4 rings (SSSR count). The molecule has 0 N–H and O–H groups in total. The maximum absolute atomic E-state index is 12.9. The second kappa shape index (κ2) is 9.43. The average Bonchev–Trinajstić information content (AvgIpc) is 3.36. The molecule has 1 atom stereocenters. The van der Waals surface area contributed by atoms with E-state index in [1.165, 1.54) is 24.2 Å². The summed E-state index contributed by atoms with van der Waals surface area (Å²) in [6, 6.07) is 0. The van der Waals surface area contributed by atoms with Crippen molar-refractivity contribution in [2.75, 3.05) is 45.9 Å². The number of hydrogen-bond acceptors (Lipinski definition) is 6. The van der Waals surface area contributed by atoms with Crippen molar-refractivity contribution in [1.29, 1.82) is 0 Å². The molecule has 0 aromatic carbocycles. The van der Waals surface area contributed by atoms with Crippen molar-refractivity contribution in [1.82, 2.24) is 19.7 Å². The average molecular weight is 435 g/mol. The van der Waals surface area contributed by atoms with Crippen LogP contribution in [0.4, 0.5) is 0 Å². The molecular formula is C21H30N4O4S. The third-order valence-electron chi connectivity index (χ3n) is 5.94. The Balaban J connectivity index is 1.39. The quantitative estimate of drug-likeness (QED) is 0.620. The molecule has 0 spiro atoms. The minimum atomic E-state index is -0.211. The Bertz CT molecular complexity index is 794. The first-order valence-electron chi connectivity index (χ1n) is 10.9. The summed E-state index contributed by atoms with van der Waals surface area (Å²) in [7, 11) is 0. The van der Waals surface area contributed by atoms with Crippen LogP contribution in [0.3, 0.4) is 0 Å². The Morgan fingerprint density at radius 3 is 2.67 bits per heavy atom. The number of aryl methyl sites for hydroxylation is 1. The molecule has 2 saturated heterocycles. The van der Waals surface area contributed by atoms with E-state index in [4.69, 9.17) is 4.74 Å². The minimum absolute atomic E-state index is 0.0430. The highest BCUT2D eigenvalue weighted by Gasteiger charge is 2.33. The van der Waals surface area contributed by atoms with Crippen molar-refractivity contribution < 1.29 is 19.1 Å². The van der Waals surface area contributed by atoms with Gasteiger partial charge in [0.1, 0.15) is 12.2 Å². The van der Waals surface area contributed by atoms with Crippen LogP contribution in [0.1, 0.15) is 47.6 Å². The molecule has 2 aliphatic heterocycles. The van der Waals surface area contributed by atoms with Crippen LogP contribution < -0.4 is 0 Å². The van der Waals surface area contributed by atoms with Crippen molar-refractivity contribution in [3.05, 3.63) is 16.1 Å². The maximum Gasteiger partial charge on any atom is 0.273 e. The van der Waals surface area contributed by atoms with Crippen molar-refractivity contribution >= 4 is 29.1 Å². The Morgan fingerprint density at radius 1 is 1.20 bits per heavy atom. The van der Waals surface area contributed by atoms with E-state index in [2.05, 4.69) is 4.98 Å². The molecule has 0 unspecified atom stereocenters. The van der Waals surface area contributed by atoms with Crippen LogP contribution in [0.5, 0.6) is 0 Å². The lowest BCUT2D eigenvalue weighted by atomic mass is 10.2. The van der Waals surface area contributed by atoms with E-state index in [9.17, 15) is 14.4 Å². The third-order valence-corrected chi connectivity index (χ3v) is 6.72. The van der Waals surface area contributed by atoms with Gasteiger partial charge in [-0.3, -0.25) is 14.4 Å². The minimum Gasteiger partial charge on any atom is -0.374 e. The largest absolute Gasteiger partial charge is 0.374 e. The molecule has 3 fully saturated rings. The predicted octanol–water partition coefficient (Wildman–Crippen LogP) is 1.54. The van der Waals surface area contributed by atoms with Gasteiger partial charge in [-0.25, -0.2) is 4.98 Å². The standard InChI is InChI=1S/C21H30N4O4S/c1-15-22-18(14-30-15)21(28)25-11-17(29-13-16-5-6-16)10-24(20(27)12-25)9-3-8-23-7-2-4-19(23)26/h14,16-17H,2-13H2,1H3/t17-/m1/s1. The molecule has 3 heterocycles. The van der Waals surface area contributed by atoms with Gasteiger partial charge in [0, 0.05) is 51.1 Å². The van der Waals surface area contributed by atoms with E-state index in [0.717, 1.165) is 24.4 Å². The number of nitrogens with zero attached hydrogens (tertiary/aromatic N) is 4. The lowest BCUT2D eigenvalue weighted by molar-refractivity contribution is -0.131. The number of rotatable bonds is 8. The molecule has 0 radical (unpaired) electrons. The number of hydrogen-bond donors (Lipinski definition) is 0. The molecule has 3 aliphatic rings. The van der Waals surface area contributed by atoms with E-state index in [1.54, 1.807) is 15.2 Å². The second-order valence-corrected chi connectivity index (χ2v) is 9.58. The zero-order valence-corrected chi connectivity index (χ0v) is 18.4. The Morgan fingerprint density at radius 2 is 2.00 bits per heavy atom. The van der Waals surface area contributed by atoms with Crippen LogP contribution in [0.25, 0.3) is 0 Å². The van der Waals surface area contributed by atoms with Crippen molar-refractivity contribution in [2.45, 2.75) is 45.1 Å². The number of amides is 3. The summed E-state index contributed by atoms with van der Waals surface area (Å²) in [5, 5.41) is 2.58. The summed E-state index contributed by atoms with van der Waals surface area (Å²) in [6.07, 6.45) is 4.49. The van der Waals surface area contributed by atoms with E-state index in [-0.39, 0.29) is 30.4 Å². The van der Waals surface area contributed by atoms with Crippen molar-refractivity contribution in [3.63, 3.8) is 0 Å². The van der Waals surface area contributed by atoms with Crippen LogP contribution in [-0.4, -0.2) is 89.4 Å². The first-order chi connectivity index (χ1) is 14.5. The number of likely N-dealkylation sites (tertiary alicyclic amines) is 1. The van der Waals surface area contributed by atoms with Gasteiger partial charge in [0.25, 0.3) is 5.91 Å². The SMILES string of the molecule is Cc1nc(C(=O)N2CC(=O)N(CCCN3CCCC3=O)C[C@@H](OCC3CC3)C2)cs1. The molecular weight excluding hydrogens is 404 g/mol. The first-order valence-corrected chi connectivity index (χ1v) is 11.8. The van der Waals surface area contributed by atoms with E-state index >= 15 is 0 Å². The van der Waals surface area contributed by atoms with E-state index < -0.39 is 0 Å². The van der Waals surface area contributed by atoms with Crippen LogP contribution in [0.2, 0.25) is 0 Å². The lowest BCUT2D eigenvalue weighted by Gasteiger charge is -2.25. The van der Waals surface area contributed by atoms with Gasteiger partial charge < -0.3 is 19.4 Å². The summed E-state index contributed by atoms with van der Waals surface area (Å²) >= 11 is 1.43. The van der Waals surface area contributed by atoms with Gasteiger partial charge in [-0.2, -0.15) is 0 Å². The number of aromatic nitrogens is 1. The number of carbonyl (C=O) groups excluding carboxylic acids is 3. The predicted molar refractivity (Wildman–Crippen MR) is 112 cm³/mol. The number of carbonyl (C=O) groups is 3. The summed E-state index contributed by atoms with van der Waals surface area (Å²) in [6.45, 7) is 5.54. The molecule has 1 aliphatic carbocycles. The van der Waals surface area contributed by atoms with Crippen LogP contribution in [0.15, 0.2) is 5.38 Å². The van der Waals surface area contributed by atoms with Crippen LogP contribution in [0, 0.1) is 12.8 Å². The van der Waals surface area contributed by atoms with E-state index in [1.807, 2.05) is 11.8 Å². The first kappa shape index (κ1) is 21.2. The number of thiazole rings is 1. The molecule has 8 nitrogen and oxygen atoms in total. The molecule has 9 heteroatoms. The van der Waals surface area contributed by atoms with Crippen LogP contribution in [-0.2, 0) is 14.3 Å². The fourth-order valence-corrected chi connectivity index (χ4v) is 4.62. The van der Waals surface area contributed by atoms with Gasteiger partial charge in [0.05, 0.1) is 11.1 Å². The second-order valence-electron chi connectivity index (χ2n) is 8.51. The van der Waals surface area contributed by atoms with Gasteiger partial charge >= 0.3 is 0 Å². The Hall–Kier alpha value is -2.00. The molecule has 1 aromatic rings. The third kappa shape index (κ3) is 5.37. The molecule has 1 aromatic heterocycles. The molecule has 1 saturated carbocycles. The van der Waals surface area contributed by atoms with Crippen molar-refractivity contribution in [3.8, 4) is 0 Å². The van der Waals surface area contributed by atoms with Gasteiger partial charge in [0.15, 0.2) is 0 Å². The molecule has 3 amide bonds. The zero-order chi connectivity index (χ0) is 21.1. The molecule has 164 valence electrons. The number of ether oxygens (including phenoxy) is 1. The summed E-state index contributed by atoms with van der Waals surface area (Å²) < 4.78 is 6.11. The zero-order valence-electron chi connectivity index (χ0n) is 17.5. The lowest BCUT2D eigenvalue weighted by Crippen LogP contribution is -2.40. The van der Waals surface area contributed by atoms with E-state index in [0.29, 0.717) is 50.8 Å². The summed E-state index contributed by atoms with van der Waals surface area (Å²) in [5.74, 6) is 0.542. The smallest absolute Gasteiger partial charge is 0.273 e. The van der Waals surface area contributed by atoms with Crippen molar-refractivity contribution in [2.24, 2.45) is 5.92 Å². The maximum atomic E-state index is 12.9. The van der Waals surface area contributed by atoms with Crippen LogP contribution >= 0.6 is 11.3 Å². The topological polar surface area (TPSA) is 83.1 Å².